The second-order valence-corrected chi connectivity index (χ2v) is 7.76. The Labute approximate surface area is 143 Å². The lowest BCUT2D eigenvalue weighted by molar-refractivity contribution is -0.0364. The van der Waals surface area contributed by atoms with E-state index in [0.29, 0.717) is 0 Å². The summed E-state index contributed by atoms with van der Waals surface area (Å²) in [5.74, 6) is 0. The predicted octanol–water partition coefficient (Wildman–Crippen LogP) is 3.03. The van der Waals surface area contributed by atoms with Gasteiger partial charge in [0.05, 0.1) is 16.7 Å². The number of hydrogen-bond acceptors (Lipinski definition) is 4. The fourth-order valence-corrected chi connectivity index (χ4v) is 3.38. The number of nitrogens with zero attached hydrogens (tertiary/aromatic N) is 2. The maximum absolute atomic E-state index is 6.22. The van der Waals surface area contributed by atoms with Crippen molar-refractivity contribution in [2.24, 2.45) is 0 Å². The third kappa shape index (κ3) is 2.48. The Bertz CT molecular complexity index is 734. The van der Waals surface area contributed by atoms with Crippen LogP contribution in [0.5, 0.6) is 0 Å². The van der Waals surface area contributed by atoms with Gasteiger partial charge in [-0.25, -0.2) is 4.68 Å². The molecule has 0 N–H and O–H groups in total. The van der Waals surface area contributed by atoms with Crippen molar-refractivity contribution >= 4 is 23.6 Å². The zero-order chi connectivity index (χ0) is 16.9. The van der Waals surface area contributed by atoms with Gasteiger partial charge in [-0.15, -0.1) is 0 Å². The van der Waals surface area contributed by atoms with E-state index in [1.54, 1.807) is 0 Å². The molecule has 5 nitrogen and oxygen atoms in total. The van der Waals surface area contributed by atoms with Gasteiger partial charge in [0.25, 0.3) is 0 Å². The molecule has 0 aliphatic carbocycles. The van der Waals surface area contributed by atoms with E-state index in [0.717, 1.165) is 35.9 Å². The number of hydrogen-bond donors (Lipinski definition) is 0. The van der Waals surface area contributed by atoms with Crippen LogP contribution in [0.3, 0.4) is 0 Å². The Morgan fingerprint density at radius 3 is 2.46 bits per heavy atom. The Balaban J connectivity index is 1.77. The third-order valence-electron chi connectivity index (χ3n) is 5.55. The average molecular weight is 328 g/mol. The maximum Gasteiger partial charge on any atom is 0.517 e. The minimum atomic E-state index is -0.454. The van der Waals surface area contributed by atoms with Crippen LogP contribution in [0, 0.1) is 0 Å². The molecule has 1 unspecified atom stereocenters. The highest BCUT2D eigenvalue weighted by Gasteiger charge is 2.53. The van der Waals surface area contributed by atoms with Crippen LogP contribution < -0.4 is 5.59 Å². The van der Waals surface area contributed by atoms with Crippen molar-refractivity contribution in [3.63, 3.8) is 0 Å². The summed E-state index contributed by atoms with van der Waals surface area (Å²) >= 11 is 0. The molecule has 2 aliphatic rings. The van der Waals surface area contributed by atoms with Crippen LogP contribution in [0.1, 0.15) is 53.2 Å². The van der Waals surface area contributed by atoms with E-state index in [1.165, 1.54) is 6.42 Å². The third-order valence-corrected chi connectivity index (χ3v) is 5.55. The summed E-state index contributed by atoms with van der Waals surface area (Å²) in [6.45, 7) is 9.06. The van der Waals surface area contributed by atoms with Gasteiger partial charge in [-0.05, 0) is 53.0 Å². The van der Waals surface area contributed by atoms with Crippen LogP contribution in [0.15, 0.2) is 24.3 Å². The molecule has 2 aromatic rings. The first-order valence-electron chi connectivity index (χ1n) is 8.83. The first-order valence-corrected chi connectivity index (χ1v) is 8.83. The van der Waals surface area contributed by atoms with Crippen LogP contribution in [-0.2, 0) is 14.0 Å². The summed E-state index contributed by atoms with van der Waals surface area (Å²) < 4.78 is 20.4. The molecule has 1 atom stereocenters. The lowest BCUT2D eigenvalue weighted by Crippen LogP contribution is -2.41. The molecule has 1 aromatic carbocycles. The molecule has 4 rings (SSSR count). The average Bonchev–Trinajstić information content (AvgIpc) is 3.03. The largest absolute Gasteiger partial charge is 0.517 e. The van der Waals surface area contributed by atoms with Crippen LogP contribution in [0.4, 0.5) is 0 Å². The number of rotatable bonds is 2. The van der Waals surface area contributed by atoms with E-state index >= 15 is 0 Å². The van der Waals surface area contributed by atoms with Gasteiger partial charge in [-0.2, -0.15) is 5.10 Å². The molecule has 3 heterocycles. The van der Waals surface area contributed by atoms with Crippen molar-refractivity contribution in [1.29, 1.82) is 0 Å². The zero-order valence-electron chi connectivity index (χ0n) is 14.9. The highest BCUT2D eigenvalue weighted by atomic mass is 16.7. The lowest BCUT2D eigenvalue weighted by Gasteiger charge is -2.32. The van der Waals surface area contributed by atoms with E-state index < -0.39 is 7.12 Å². The molecule has 0 spiro atoms. The van der Waals surface area contributed by atoms with Crippen molar-refractivity contribution in [3.8, 4) is 0 Å². The normalized spacial score (nSPS) is 26.2. The Morgan fingerprint density at radius 1 is 1.08 bits per heavy atom. The van der Waals surface area contributed by atoms with Crippen molar-refractivity contribution in [3.05, 3.63) is 24.3 Å². The number of aromatic nitrogens is 2. The van der Waals surface area contributed by atoms with E-state index in [1.807, 2.05) is 16.8 Å². The standard InChI is InChI=1S/C18H25BN2O3/c1-17(2)18(3,4)24-19(23-17)16-13-9-5-6-10-14(13)21(20-16)15-11-7-8-12-22-15/h5-6,9-10,15H,7-8,11-12H2,1-4H3. The highest BCUT2D eigenvalue weighted by Crippen LogP contribution is 2.37. The van der Waals surface area contributed by atoms with Crippen molar-refractivity contribution in [2.45, 2.75) is 64.4 Å². The quantitative estimate of drug-likeness (QED) is 0.795. The molecule has 2 aliphatic heterocycles. The molecule has 24 heavy (non-hydrogen) atoms. The molecule has 128 valence electrons. The van der Waals surface area contributed by atoms with E-state index in [2.05, 4.69) is 39.8 Å². The van der Waals surface area contributed by atoms with Crippen LogP contribution in [0.25, 0.3) is 10.9 Å². The van der Waals surface area contributed by atoms with Gasteiger partial charge in [-0.3, -0.25) is 0 Å². The molecule has 2 saturated heterocycles. The summed E-state index contributed by atoms with van der Waals surface area (Å²) in [5, 5.41) is 5.94. The number of fused-ring (bicyclic) bond motifs is 1. The molecule has 0 saturated carbocycles. The smallest absolute Gasteiger partial charge is 0.398 e. The first kappa shape index (κ1) is 16.1. The number of para-hydroxylation sites is 1. The summed E-state index contributed by atoms with van der Waals surface area (Å²) in [7, 11) is -0.454. The summed E-state index contributed by atoms with van der Waals surface area (Å²) in [6, 6.07) is 8.25. The molecular formula is C18H25BN2O3. The summed E-state index contributed by atoms with van der Waals surface area (Å²) in [4.78, 5) is 0. The first-order chi connectivity index (χ1) is 11.4. The van der Waals surface area contributed by atoms with E-state index in [-0.39, 0.29) is 17.4 Å². The van der Waals surface area contributed by atoms with Gasteiger partial charge < -0.3 is 14.0 Å². The Hall–Kier alpha value is -1.37. The number of ether oxygens (including phenoxy) is 1. The molecule has 2 fully saturated rings. The Kier molecular flexibility index (Phi) is 3.75. The van der Waals surface area contributed by atoms with Gasteiger partial charge in [-0.1, -0.05) is 18.2 Å². The van der Waals surface area contributed by atoms with Crippen molar-refractivity contribution < 1.29 is 14.0 Å². The van der Waals surface area contributed by atoms with Crippen LogP contribution in [0.2, 0.25) is 0 Å². The second-order valence-electron chi connectivity index (χ2n) is 7.76. The maximum atomic E-state index is 6.22. The van der Waals surface area contributed by atoms with Crippen LogP contribution in [-0.4, -0.2) is 34.7 Å². The highest BCUT2D eigenvalue weighted by molar-refractivity contribution is 6.64. The Morgan fingerprint density at radius 2 is 1.79 bits per heavy atom. The number of benzene rings is 1. The zero-order valence-corrected chi connectivity index (χ0v) is 14.9. The van der Waals surface area contributed by atoms with Gasteiger partial charge in [0.1, 0.15) is 5.59 Å². The minimum absolute atomic E-state index is 0.000163. The van der Waals surface area contributed by atoms with Gasteiger partial charge in [0, 0.05) is 12.0 Å². The summed E-state index contributed by atoms with van der Waals surface area (Å²) in [5.41, 5.74) is 1.18. The van der Waals surface area contributed by atoms with Crippen molar-refractivity contribution in [1.82, 2.24) is 9.78 Å². The van der Waals surface area contributed by atoms with E-state index in [4.69, 9.17) is 19.1 Å². The predicted molar refractivity (Wildman–Crippen MR) is 94.3 cm³/mol. The van der Waals surface area contributed by atoms with E-state index in [9.17, 15) is 0 Å². The van der Waals surface area contributed by atoms with Gasteiger partial charge >= 0.3 is 7.12 Å². The molecule has 0 radical (unpaired) electrons. The molecule has 1 aromatic heterocycles. The monoisotopic (exact) mass is 328 g/mol. The van der Waals surface area contributed by atoms with Gasteiger partial charge in [0.15, 0.2) is 6.23 Å². The molecule has 0 bridgehead atoms. The second kappa shape index (κ2) is 5.58. The van der Waals surface area contributed by atoms with Crippen molar-refractivity contribution in [2.75, 3.05) is 6.61 Å². The lowest BCUT2D eigenvalue weighted by atomic mass is 9.82. The minimum Gasteiger partial charge on any atom is -0.398 e. The van der Waals surface area contributed by atoms with Gasteiger partial charge in [0.2, 0.25) is 0 Å². The topological polar surface area (TPSA) is 45.5 Å². The summed E-state index contributed by atoms with van der Waals surface area (Å²) in [6.07, 6.45) is 3.29. The fourth-order valence-electron chi connectivity index (χ4n) is 3.38. The van der Waals surface area contributed by atoms with Crippen LogP contribution >= 0.6 is 0 Å². The SMILES string of the molecule is CC1(C)OB(c2nn(C3CCCCO3)c3ccccc23)OC1(C)C. The fraction of sp³-hybridized carbons (Fsp3) is 0.611. The molecule has 0 amide bonds. The molecular weight excluding hydrogens is 303 g/mol. The molecule has 6 heteroatoms.